The lowest BCUT2D eigenvalue weighted by Gasteiger charge is -2.30. The van der Waals surface area contributed by atoms with Crippen LogP contribution in [0.15, 0.2) is 0 Å². The maximum absolute atomic E-state index is 12.2. The van der Waals surface area contributed by atoms with Crippen LogP contribution in [0.25, 0.3) is 0 Å². The molecule has 0 radical (unpaired) electrons. The number of hydrogen-bond acceptors (Lipinski definition) is 5. The molecule has 1 aliphatic carbocycles. The molecular formula is C13H24N2O5S. The van der Waals surface area contributed by atoms with Crippen molar-refractivity contribution in [2.24, 2.45) is 11.8 Å². The van der Waals surface area contributed by atoms with E-state index in [9.17, 15) is 18.3 Å². The van der Waals surface area contributed by atoms with Gasteiger partial charge in [-0.3, -0.25) is 4.79 Å². The number of amides is 1. The van der Waals surface area contributed by atoms with E-state index in [2.05, 4.69) is 5.32 Å². The average molecular weight is 320 g/mol. The van der Waals surface area contributed by atoms with Gasteiger partial charge in [0.05, 0.1) is 12.4 Å². The van der Waals surface area contributed by atoms with Gasteiger partial charge in [-0.05, 0) is 25.7 Å². The van der Waals surface area contributed by atoms with Gasteiger partial charge < -0.3 is 15.5 Å². The maximum atomic E-state index is 12.2. The van der Waals surface area contributed by atoms with Crippen LogP contribution in [0.1, 0.15) is 25.7 Å². The summed E-state index contributed by atoms with van der Waals surface area (Å²) in [6, 6.07) is -0.0995. The molecule has 1 amide bonds. The Morgan fingerprint density at radius 1 is 1.29 bits per heavy atom. The fourth-order valence-electron chi connectivity index (χ4n) is 3.19. The Bertz CT molecular complexity index is 473. The monoisotopic (exact) mass is 320 g/mol. The van der Waals surface area contributed by atoms with E-state index in [0.717, 1.165) is 0 Å². The molecule has 1 heterocycles. The van der Waals surface area contributed by atoms with Gasteiger partial charge in [-0.15, -0.1) is 0 Å². The van der Waals surface area contributed by atoms with Crippen LogP contribution in [-0.4, -0.2) is 66.9 Å². The molecule has 1 aliphatic heterocycles. The summed E-state index contributed by atoms with van der Waals surface area (Å²) >= 11 is 0. The van der Waals surface area contributed by atoms with E-state index in [4.69, 9.17) is 5.11 Å². The normalized spacial score (nSPS) is 32.2. The highest BCUT2D eigenvalue weighted by molar-refractivity contribution is 7.88. The molecule has 1 saturated carbocycles. The largest absolute Gasteiger partial charge is 0.396 e. The van der Waals surface area contributed by atoms with E-state index >= 15 is 0 Å². The predicted molar refractivity (Wildman–Crippen MR) is 76.9 cm³/mol. The van der Waals surface area contributed by atoms with Crippen molar-refractivity contribution in [2.75, 3.05) is 26.0 Å². The first kappa shape index (κ1) is 16.7. The minimum Gasteiger partial charge on any atom is -0.396 e. The van der Waals surface area contributed by atoms with Crippen molar-refractivity contribution >= 4 is 15.9 Å². The molecule has 2 fully saturated rings. The first-order chi connectivity index (χ1) is 9.81. The molecule has 2 rings (SSSR count). The number of rotatable bonds is 4. The van der Waals surface area contributed by atoms with Crippen LogP contribution in [0.4, 0.5) is 0 Å². The average Bonchev–Trinajstić information content (AvgIpc) is 2.78. The number of piperidine rings is 1. The third kappa shape index (κ3) is 4.15. The third-order valence-electron chi connectivity index (χ3n) is 4.53. The molecule has 2 aliphatic rings. The Morgan fingerprint density at radius 2 is 1.90 bits per heavy atom. The van der Waals surface area contributed by atoms with Crippen molar-refractivity contribution in [3.63, 3.8) is 0 Å². The van der Waals surface area contributed by atoms with Gasteiger partial charge in [0.15, 0.2) is 0 Å². The molecule has 0 aromatic heterocycles. The van der Waals surface area contributed by atoms with Crippen LogP contribution in [0.5, 0.6) is 0 Å². The summed E-state index contributed by atoms with van der Waals surface area (Å²) in [7, 11) is -3.17. The Labute approximate surface area is 125 Å². The predicted octanol–water partition coefficient (Wildman–Crippen LogP) is -1.09. The molecule has 3 atom stereocenters. The molecule has 122 valence electrons. The fraction of sp³-hybridized carbons (Fsp3) is 0.923. The van der Waals surface area contributed by atoms with Crippen molar-refractivity contribution < 1.29 is 23.4 Å². The quantitative estimate of drug-likeness (QED) is 0.610. The highest BCUT2D eigenvalue weighted by Crippen LogP contribution is 2.27. The zero-order chi connectivity index (χ0) is 15.6. The van der Waals surface area contributed by atoms with E-state index in [1.807, 2.05) is 0 Å². The highest BCUT2D eigenvalue weighted by Gasteiger charge is 2.35. The zero-order valence-electron chi connectivity index (χ0n) is 12.2. The van der Waals surface area contributed by atoms with E-state index in [1.54, 1.807) is 0 Å². The van der Waals surface area contributed by atoms with Crippen LogP contribution < -0.4 is 5.32 Å². The second-order valence-electron chi connectivity index (χ2n) is 6.12. The minimum absolute atomic E-state index is 0.0692. The van der Waals surface area contributed by atoms with Crippen molar-refractivity contribution in [1.29, 1.82) is 0 Å². The number of carbonyl (C=O) groups is 1. The number of carbonyl (C=O) groups excluding carboxylic acids is 1. The smallest absolute Gasteiger partial charge is 0.223 e. The lowest BCUT2D eigenvalue weighted by atomic mass is 9.96. The minimum atomic E-state index is -3.17. The van der Waals surface area contributed by atoms with Crippen LogP contribution >= 0.6 is 0 Å². The van der Waals surface area contributed by atoms with Crippen LogP contribution in [-0.2, 0) is 14.8 Å². The van der Waals surface area contributed by atoms with Crippen LogP contribution in [0.3, 0.4) is 0 Å². The lowest BCUT2D eigenvalue weighted by molar-refractivity contribution is -0.126. The molecular weight excluding hydrogens is 296 g/mol. The summed E-state index contributed by atoms with van der Waals surface area (Å²) in [5.41, 5.74) is 0. The Morgan fingerprint density at radius 3 is 2.38 bits per heavy atom. The molecule has 3 N–H and O–H groups in total. The molecule has 0 spiro atoms. The van der Waals surface area contributed by atoms with Gasteiger partial charge in [-0.25, -0.2) is 12.7 Å². The van der Waals surface area contributed by atoms with Crippen molar-refractivity contribution in [3.8, 4) is 0 Å². The SMILES string of the molecule is CS(=O)(=O)N1CCC(C(=O)N[C@H]2C[C@@H](CO)[C@H](O)C2)CC1. The van der Waals surface area contributed by atoms with E-state index in [-0.39, 0.29) is 30.4 Å². The lowest BCUT2D eigenvalue weighted by Crippen LogP contribution is -2.44. The molecule has 0 aromatic rings. The molecule has 21 heavy (non-hydrogen) atoms. The Kier molecular flexibility index (Phi) is 5.24. The van der Waals surface area contributed by atoms with Crippen molar-refractivity contribution in [2.45, 2.75) is 37.8 Å². The van der Waals surface area contributed by atoms with Crippen molar-refractivity contribution in [1.82, 2.24) is 9.62 Å². The number of nitrogens with zero attached hydrogens (tertiary/aromatic N) is 1. The summed E-state index contributed by atoms with van der Waals surface area (Å²) in [6.45, 7) is 0.688. The standard InChI is InChI=1S/C13H24N2O5S/c1-21(19,20)15-4-2-9(3-5-15)13(18)14-11-6-10(8-16)12(17)7-11/h9-12,16-17H,2-8H2,1H3,(H,14,18)/t10-,11-,12+/m0/s1. The summed E-state index contributed by atoms with van der Waals surface area (Å²) in [5, 5.41) is 21.7. The van der Waals surface area contributed by atoms with Crippen molar-refractivity contribution in [3.05, 3.63) is 0 Å². The number of aliphatic hydroxyl groups is 2. The maximum Gasteiger partial charge on any atom is 0.223 e. The van der Waals surface area contributed by atoms with Crippen LogP contribution in [0, 0.1) is 11.8 Å². The Hall–Kier alpha value is -0.700. The molecule has 0 unspecified atom stereocenters. The second kappa shape index (κ2) is 6.60. The molecule has 7 nitrogen and oxygen atoms in total. The molecule has 0 aromatic carbocycles. The van der Waals surface area contributed by atoms with Gasteiger partial charge in [0.2, 0.25) is 15.9 Å². The number of aliphatic hydroxyl groups excluding tert-OH is 2. The van der Waals surface area contributed by atoms with E-state index in [1.165, 1.54) is 10.6 Å². The fourth-order valence-corrected chi connectivity index (χ4v) is 4.06. The zero-order valence-corrected chi connectivity index (χ0v) is 13.1. The molecule has 8 heteroatoms. The summed E-state index contributed by atoms with van der Waals surface area (Å²) < 4.78 is 24.2. The van der Waals surface area contributed by atoms with Gasteiger partial charge in [0.25, 0.3) is 0 Å². The number of nitrogens with one attached hydrogen (secondary N) is 1. The van der Waals surface area contributed by atoms with Gasteiger partial charge >= 0.3 is 0 Å². The van der Waals surface area contributed by atoms with Gasteiger partial charge in [0, 0.05) is 37.6 Å². The van der Waals surface area contributed by atoms with Crippen LogP contribution in [0.2, 0.25) is 0 Å². The number of hydrogen-bond donors (Lipinski definition) is 3. The second-order valence-corrected chi connectivity index (χ2v) is 8.11. The van der Waals surface area contributed by atoms with Gasteiger partial charge in [-0.2, -0.15) is 0 Å². The van der Waals surface area contributed by atoms with Gasteiger partial charge in [0.1, 0.15) is 0 Å². The number of sulfonamides is 1. The summed E-state index contributed by atoms with van der Waals surface area (Å²) in [4.78, 5) is 12.2. The summed E-state index contributed by atoms with van der Waals surface area (Å²) in [5.74, 6) is -0.408. The first-order valence-electron chi connectivity index (χ1n) is 7.35. The Balaban J connectivity index is 1.81. The highest BCUT2D eigenvalue weighted by atomic mass is 32.2. The summed E-state index contributed by atoms with van der Waals surface area (Å²) in [6.07, 6.45) is 2.73. The third-order valence-corrected chi connectivity index (χ3v) is 5.84. The topological polar surface area (TPSA) is 107 Å². The van der Waals surface area contributed by atoms with E-state index < -0.39 is 16.1 Å². The van der Waals surface area contributed by atoms with E-state index in [0.29, 0.717) is 38.8 Å². The first-order valence-corrected chi connectivity index (χ1v) is 9.20. The molecule has 1 saturated heterocycles. The van der Waals surface area contributed by atoms with Gasteiger partial charge in [-0.1, -0.05) is 0 Å². The molecule has 0 bridgehead atoms.